The van der Waals surface area contributed by atoms with E-state index in [1.807, 2.05) is 6.92 Å². The predicted molar refractivity (Wildman–Crippen MR) is 76.7 cm³/mol. The quantitative estimate of drug-likeness (QED) is 0.162. The number of likely N-dealkylation sites (N-methyl/N-ethyl adjacent to an activating group) is 1. The highest BCUT2D eigenvalue weighted by Crippen LogP contribution is 2.29. The number of benzene rings is 1. The number of carbonyl (C=O) groups is 1. The van der Waals surface area contributed by atoms with Gasteiger partial charge in [-0.05, 0) is 6.54 Å². The summed E-state index contributed by atoms with van der Waals surface area (Å²) in [7, 11) is 0. The molecular weight excluding hydrogens is 353 g/mol. The van der Waals surface area contributed by atoms with Gasteiger partial charge in [-0.15, -0.1) is 0 Å². The van der Waals surface area contributed by atoms with Crippen molar-refractivity contribution in [3.05, 3.63) is 29.1 Å². The van der Waals surface area contributed by atoms with Crippen LogP contribution in [0.3, 0.4) is 0 Å². The maximum absolute atomic E-state index is 13.3. The van der Waals surface area contributed by atoms with Gasteiger partial charge in [-0.2, -0.15) is 8.78 Å². The molecule has 1 rings (SSSR count). The summed E-state index contributed by atoms with van der Waals surface area (Å²) in [6.07, 6.45) is -0.434. The molecule has 0 unspecified atom stereocenters. The molecule has 0 aliphatic rings. The van der Waals surface area contributed by atoms with Gasteiger partial charge < -0.3 is 19.5 Å². The Kier molecular flexibility index (Phi) is 9.32. The number of halogens is 5. The first-order valence-electron chi connectivity index (χ1n) is 7.48. The zero-order valence-electron chi connectivity index (χ0n) is 13.5. The molecule has 10 heteroatoms. The van der Waals surface area contributed by atoms with E-state index in [-0.39, 0.29) is 19.8 Å². The van der Waals surface area contributed by atoms with E-state index in [4.69, 9.17) is 9.47 Å². The molecule has 0 amide bonds. The zero-order valence-corrected chi connectivity index (χ0v) is 13.5. The second kappa shape index (κ2) is 11.0. The molecule has 0 bridgehead atoms. The van der Waals surface area contributed by atoms with Gasteiger partial charge in [-0.25, -0.2) is 13.2 Å². The van der Waals surface area contributed by atoms with Gasteiger partial charge >= 0.3 is 5.97 Å². The molecule has 1 aromatic carbocycles. The van der Waals surface area contributed by atoms with Gasteiger partial charge in [0, 0.05) is 6.54 Å². The van der Waals surface area contributed by atoms with Crippen molar-refractivity contribution in [2.45, 2.75) is 13.3 Å². The van der Waals surface area contributed by atoms with E-state index >= 15 is 0 Å². The summed E-state index contributed by atoms with van der Waals surface area (Å²) >= 11 is 0. The first kappa shape index (κ1) is 21.3. The first-order valence-corrected chi connectivity index (χ1v) is 7.48. The first-order chi connectivity index (χ1) is 11.9. The molecule has 1 N–H and O–H groups in total. The Morgan fingerprint density at radius 1 is 0.840 bits per heavy atom. The molecule has 0 radical (unpaired) electrons. The zero-order chi connectivity index (χ0) is 18.8. The molecule has 0 saturated heterocycles. The molecule has 0 atom stereocenters. The van der Waals surface area contributed by atoms with E-state index in [0.29, 0.717) is 13.2 Å². The Bertz CT molecular complexity index is 557. The maximum Gasteiger partial charge on any atom is 0.313 e. The fraction of sp³-hybridized carbons (Fsp3) is 0.533. The standard InChI is InChI=1S/C15H18F5NO4/c1-2-21-4-6-24-8-7-23-5-3-9(22)25-15-13(19)11(17)10(16)12(18)14(15)20/h21H,2-8H2,1H3. The van der Waals surface area contributed by atoms with Crippen LogP contribution in [-0.4, -0.2) is 45.5 Å². The van der Waals surface area contributed by atoms with Gasteiger partial charge in [0.25, 0.3) is 0 Å². The molecular formula is C15H18F5NO4. The van der Waals surface area contributed by atoms with E-state index in [1.54, 1.807) is 0 Å². The van der Waals surface area contributed by atoms with Crippen LogP contribution in [0.2, 0.25) is 0 Å². The Balaban J connectivity index is 2.34. The van der Waals surface area contributed by atoms with Crippen LogP contribution in [0.25, 0.3) is 0 Å². The Labute approximate surface area is 141 Å². The van der Waals surface area contributed by atoms with Crippen LogP contribution < -0.4 is 10.1 Å². The molecule has 0 aliphatic heterocycles. The minimum absolute atomic E-state index is 0.162. The van der Waals surface area contributed by atoms with E-state index in [1.165, 1.54) is 0 Å². The summed E-state index contributed by atoms with van der Waals surface area (Å²) in [6.45, 7) is 4.23. The van der Waals surface area contributed by atoms with Crippen LogP contribution in [0, 0.1) is 29.1 Å². The average molecular weight is 371 g/mol. The third-order valence-corrected chi connectivity index (χ3v) is 2.88. The maximum atomic E-state index is 13.3. The van der Waals surface area contributed by atoms with E-state index < -0.39 is 47.2 Å². The summed E-state index contributed by atoms with van der Waals surface area (Å²) < 4.78 is 79.9. The van der Waals surface area contributed by atoms with Crippen molar-refractivity contribution in [3.8, 4) is 5.75 Å². The second-order valence-electron chi connectivity index (χ2n) is 4.70. The van der Waals surface area contributed by atoms with Crippen LogP contribution >= 0.6 is 0 Å². The summed E-state index contributed by atoms with van der Waals surface area (Å²) in [4.78, 5) is 11.4. The number of ether oxygens (including phenoxy) is 3. The SMILES string of the molecule is CCNCCOCCOCCC(=O)Oc1c(F)c(F)c(F)c(F)c1F. The molecule has 0 spiro atoms. The van der Waals surface area contributed by atoms with Gasteiger partial charge in [0.15, 0.2) is 0 Å². The lowest BCUT2D eigenvalue weighted by molar-refractivity contribution is -0.136. The van der Waals surface area contributed by atoms with Crippen LogP contribution in [0.5, 0.6) is 5.75 Å². The lowest BCUT2D eigenvalue weighted by Crippen LogP contribution is -2.20. The summed E-state index contributed by atoms with van der Waals surface area (Å²) in [5, 5.41) is 3.04. The van der Waals surface area contributed by atoms with Gasteiger partial charge in [-0.1, -0.05) is 6.92 Å². The molecule has 5 nitrogen and oxygen atoms in total. The molecule has 0 aromatic heterocycles. The van der Waals surface area contributed by atoms with Crippen molar-refractivity contribution >= 4 is 5.97 Å². The summed E-state index contributed by atoms with van der Waals surface area (Å²) in [5.74, 6) is -13.9. The van der Waals surface area contributed by atoms with Crippen molar-refractivity contribution in [2.24, 2.45) is 0 Å². The molecule has 0 saturated carbocycles. The van der Waals surface area contributed by atoms with Crippen molar-refractivity contribution in [1.82, 2.24) is 5.32 Å². The fourth-order valence-corrected chi connectivity index (χ4v) is 1.64. The van der Waals surface area contributed by atoms with Crippen LogP contribution in [0.15, 0.2) is 0 Å². The smallest absolute Gasteiger partial charge is 0.313 e. The van der Waals surface area contributed by atoms with Crippen molar-refractivity contribution in [2.75, 3.05) is 39.5 Å². The molecule has 142 valence electrons. The fourth-order valence-electron chi connectivity index (χ4n) is 1.64. The monoisotopic (exact) mass is 371 g/mol. The van der Waals surface area contributed by atoms with Gasteiger partial charge in [0.05, 0.1) is 32.8 Å². The highest BCUT2D eigenvalue weighted by molar-refractivity contribution is 5.72. The minimum Gasteiger partial charge on any atom is -0.420 e. The lowest BCUT2D eigenvalue weighted by atomic mass is 10.2. The van der Waals surface area contributed by atoms with Crippen molar-refractivity contribution in [1.29, 1.82) is 0 Å². The summed E-state index contributed by atoms with van der Waals surface area (Å²) in [6, 6.07) is 0. The number of hydrogen-bond donors (Lipinski definition) is 1. The topological polar surface area (TPSA) is 56.8 Å². The molecule has 25 heavy (non-hydrogen) atoms. The van der Waals surface area contributed by atoms with Crippen LogP contribution in [0.1, 0.15) is 13.3 Å². The average Bonchev–Trinajstić information content (AvgIpc) is 2.60. The number of nitrogens with one attached hydrogen (secondary N) is 1. The molecule has 0 heterocycles. The third-order valence-electron chi connectivity index (χ3n) is 2.88. The van der Waals surface area contributed by atoms with E-state index in [2.05, 4.69) is 10.1 Å². The Morgan fingerprint density at radius 2 is 1.36 bits per heavy atom. The minimum atomic E-state index is -2.33. The van der Waals surface area contributed by atoms with Crippen LogP contribution in [0.4, 0.5) is 22.0 Å². The van der Waals surface area contributed by atoms with Gasteiger partial charge in [0.2, 0.25) is 34.8 Å². The molecule has 0 fully saturated rings. The molecule has 1 aromatic rings. The van der Waals surface area contributed by atoms with Gasteiger partial charge in [-0.3, -0.25) is 4.79 Å². The second-order valence-corrected chi connectivity index (χ2v) is 4.70. The van der Waals surface area contributed by atoms with Gasteiger partial charge in [0.1, 0.15) is 0 Å². The number of hydrogen-bond acceptors (Lipinski definition) is 5. The summed E-state index contributed by atoms with van der Waals surface area (Å²) in [5.41, 5.74) is 0. The number of carbonyl (C=O) groups excluding carboxylic acids is 1. The molecule has 0 aliphatic carbocycles. The Morgan fingerprint density at radius 3 is 1.92 bits per heavy atom. The van der Waals surface area contributed by atoms with Crippen molar-refractivity contribution < 1.29 is 41.0 Å². The highest BCUT2D eigenvalue weighted by atomic mass is 19.2. The largest absolute Gasteiger partial charge is 0.420 e. The predicted octanol–water partition coefficient (Wildman–Crippen LogP) is 2.32. The van der Waals surface area contributed by atoms with Crippen molar-refractivity contribution in [3.63, 3.8) is 0 Å². The van der Waals surface area contributed by atoms with E-state index in [0.717, 1.165) is 6.54 Å². The number of rotatable bonds is 11. The van der Waals surface area contributed by atoms with E-state index in [9.17, 15) is 26.7 Å². The Hall–Kier alpha value is -1.78. The third kappa shape index (κ3) is 6.56. The number of esters is 1. The van der Waals surface area contributed by atoms with Crippen LogP contribution in [-0.2, 0) is 14.3 Å². The highest BCUT2D eigenvalue weighted by Gasteiger charge is 2.28. The lowest BCUT2D eigenvalue weighted by Gasteiger charge is -2.09. The normalized spacial score (nSPS) is 11.0.